The smallest absolute Gasteiger partial charge is 0.256 e. The van der Waals surface area contributed by atoms with E-state index in [0.717, 1.165) is 36.4 Å². The van der Waals surface area contributed by atoms with Crippen LogP contribution in [-0.4, -0.2) is 25.2 Å². The van der Waals surface area contributed by atoms with Crippen molar-refractivity contribution in [2.45, 2.75) is 72.8 Å². The summed E-state index contributed by atoms with van der Waals surface area (Å²) in [5.74, 6) is 1.55. The van der Waals surface area contributed by atoms with Crippen LogP contribution in [0.15, 0.2) is 18.2 Å². The van der Waals surface area contributed by atoms with Crippen molar-refractivity contribution >= 4 is 11.6 Å². The van der Waals surface area contributed by atoms with Gasteiger partial charge in [0.25, 0.3) is 5.91 Å². The molecule has 1 amide bonds. The van der Waals surface area contributed by atoms with Crippen molar-refractivity contribution in [2.75, 3.05) is 19.0 Å². The number of nitrogens with one attached hydrogen (secondary N) is 1. The first-order valence-corrected chi connectivity index (χ1v) is 9.84. The lowest BCUT2D eigenvalue weighted by atomic mass is 9.84. The lowest BCUT2D eigenvalue weighted by Gasteiger charge is -2.34. The van der Waals surface area contributed by atoms with Gasteiger partial charge in [0, 0.05) is 12.8 Å². The molecule has 0 atom stereocenters. The molecule has 0 saturated heterocycles. The number of carbonyl (C=O) groups is 1. The van der Waals surface area contributed by atoms with E-state index in [1.54, 1.807) is 7.11 Å². The summed E-state index contributed by atoms with van der Waals surface area (Å²) in [6, 6.07) is 5.79. The quantitative estimate of drug-likeness (QED) is 0.521. The van der Waals surface area contributed by atoms with Gasteiger partial charge in [-0.25, -0.2) is 0 Å². The zero-order chi connectivity index (χ0) is 19.7. The Bertz CT molecular complexity index is 557. The van der Waals surface area contributed by atoms with Crippen LogP contribution in [0.3, 0.4) is 0 Å². The highest BCUT2D eigenvalue weighted by Gasteiger charge is 2.39. The average molecular weight is 364 g/mol. The Kier molecular flexibility index (Phi) is 9.14. The first-order valence-electron chi connectivity index (χ1n) is 9.84. The number of benzene rings is 1. The zero-order valence-corrected chi connectivity index (χ0v) is 17.6. The summed E-state index contributed by atoms with van der Waals surface area (Å²) in [5.41, 5.74) is 1.01. The second kappa shape index (κ2) is 10.6. The Morgan fingerprint density at radius 3 is 2.23 bits per heavy atom. The fraction of sp³-hybridized carbons (Fsp3) is 0.682. The van der Waals surface area contributed by atoms with E-state index in [4.69, 9.17) is 9.47 Å². The van der Waals surface area contributed by atoms with Crippen molar-refractivity contribution < 1.29 is 14.3 Å². The van der Waals surface area contributed by atoms with Crippen LogP contribution in [0, 0.1) is 18.8 Å². The predicted octanol–water partition coefficient (Wildman–Crippen LogP) is 5.59. The molecule has 1 rings (SSSR count). The van der Waals surface area contributed by atoms with Gasteiger partial charge in [0.2, 0.25) is 0 Å². The average Bonchev–Trinajstić information content (AvgIpc) is 2.55. The summed E-state index contributed by atoms with van der Waals surface area (Å²) in [6.07, 6.45) is 3.55. The molecule has 0 spiro atoms. The molecule has 0 fully saturated rings. The fourth-order valence-corrected chi connectivity index (χ4v) is 3.31. The first kappa shape index (κ1) is 22.5. The van der Waals surface area contributed by atoms with Gasteiger partial charge < -0.3 is 14.8 Å². The number of methoxy groups -OCH3 is 1. The maximum Gasteiger partial charge on any atom is 0.256 e. The standard InChI is InChI=1S/C22H37NO3/c1-8-9-12-26-20-11-10-19(13-18(20)6)23-21(24)22(25-7,14-16(2)3)15-17(4)5/h10-11,13,16-17H,8-9,12,14-15H2,1-7H3,(H,23,24). The van der Waals surface area contributed by atoms with Gasteiger partial charge >= 0.3 is 0 Å². The van der Waals surface area contributed by atoms with E-state index in [1.165, 1.54) is 0 Å². The molecule has 26 heavy (non-hydrogen) atoms. The summed E-state index contributed by atoms with van der Waals surface area (Å²) in [4.78, 5) is 13.1. The van der Waals surface area contributed by atoms with Crippen LogP contribution in [0.25, 0.3) is 0 Å². The molecule has 0 aliphatic rings. The minimum atomic E-state index is -0.799. The fourth-order valence-electron chi connectivity index (χ4n) is 3.31. The van der Waals surface area contributed by atoms with Crippen LogP contribution >= 0.6 is 0 Å². The third-order valence-electron chi connectivity index (χ3n) is 4.47. The predicted molar refractivity (Wildman–Crippen MR) is 109 cm³/mol. The molecule has 0 bridgehead atoms. The maximum absolute atomic E-state index is 13.1. The summed E-state index contributed by atoms with van der Waals surface area (Å²) in [5, 5.41) is 3.06. The van der Waals surface area contributed by atoms with Gasteiger partial charge in [0.05, 0.1) is 6.61 Å². The molecule has 1 N–H and O–H groups in total. The molecule has 0 aromatic heterocycles. The van der Waals surface area contributed by atoms with Crippen molar-refractivity contribution in [3.05, 3.63) is 23.8 Å². The van der Waals surface area contributed by atoms with Crippen LogP contribution in [0.1, 0.15) is 65.9 Å². The zero-order valence-electron chi connectivity index (χ0n) is 17.6. The highest BCUT2D eigenvalue weighted by molar-refractivity contribution is 5.97. The number of aryl methyl sites for hydroxylation is 1. The topological polar surface area (TPSA) is 47.6 Å². The normalized spacial score (nSPS) is 11.9. The Balaban J connectivity index is 2.92. The Morgan fingerprint density at radius 1 is 1.15 bits per heavy atom. The van der Waals surface area contributed by atoms with Crippen LogP contribution in [0.4, 0.5) is 5.69 Å². The van der Waals surface area contributed by atoms with E-state index in [0.29, 0.717) is 24.7 Å². The van der Waals surface area contributed by atoms with Gasteiger partial charge in [-0.1, -0.05) is 41.0 Å². The maximum atomic E-state index is 13.1. The van der Waals surface area contributed by atoms with E-state index in [2.05, 4.69) is 39.9 Å². The molecular weight excluding hydrogens is 326 g/mol. The van der Waals surface area contributed by atoms with E-state index in [-0.39, 0.29) is 5.91 Å². The Hall–Kier alpha value is -1.55. The van der Waals surface area contributed by atoms with Crippen LogP contribution < -0.4 is 10.1 Å². The lowest BCUT2D eigenvalue weighted by molar-refractivity contribution is -0.142. The molecule has 4 nitrogen and oxygen atoms in total. The van der Waals surface area contributed by atoms with Gasteiger partial charge in [-0.2, -0.15) is 0 Å². The molecule has 1 aromatic rings. The number of amides is 1. The second-order valence-corrected chi connectivity index (χ2v) is 8.03. The molecule has 0 saturated carbocycles. The molecular formula is C22H37NO3. The van der Waals surface area contributed by atoms with Gasteiger partial charge in [-0.05, 0) is 61.8 Å². The highest BCUT2D eigenvalue weighted by Crippen LogP contribution is 2.31. The molecule has 1 aromatic carbocycles. The van der Waals surface area contributed by atoms with Crippen LogP contribution in [-0.2, 0) is 9.53 Å². The number of rotatable bonds is 11. The summed E-state index contributed by atoms with van der Waals surface area (Å²) in [7, 11) is 1.64. The summed E-state index contributed by atoms with van der Waals surface area (Å²) < 4.78 is 11.6. The molecule has 0 radical (unpaired) electrons. The molecule has 0 aliphatic carbocycles. The highest BCUT2D eigenvalue weighted by atomic mass is 16.5. The van der Waals surface area contributed by atoms with E-state index in [9.17, 15) is 4.79 Å². The monoisotopic (exact) mass is 363 g/mol. The number of ether oxygens (including phenoxy) is 2. The number of hydrogen-bond donors (Lipinski definition) is 1. The molecule has 0 heterocycles. The molecule has 0 unspecified atom stereocenters. The summed E-state index contributed by atoms with van der Waals surface area (Å²) >= 11 is 0. The van der Waals surface area contributed by atoms with Crippen molar-refractivity contribution in [3.8, 4) is 5.75 Å². The van der Waals surface area contributed by atoms with Crippen molar-refractivity contribution in [1.29, 1.82) is 0 Å². The van der Waals surface area contributed by atoms with Crippen LogP contribution in [0.2, 0.25) is 0 Å². The minimum Gasteiger partial charge on any atom is -0.493 e. The van der Waals surface area contributed by atoms with Crippen molar-refractivity contribution in [3.63, 3.8) is 0 Å². The van der Waals surface area contributed by atoms with Gasteiger partial charge in [0.15, 0.2) is 0 Å². The Labute approximate surface area is 159 Å². The molecule has 148 valence electrons. The van der Waals surface area contributed by atoms with Gasteiger partial charge in [-0.3, -0.25) is 4.79 Å². The molecule has 4 heteroatoms. The minimum absolute atomic E-state index is 0.0681. The third-order valence-corrected chi connectivity index (χ3v) is 4.47. The van der Waals surface area contributed by atoms with E-state index < -0.39 is 5.60 Å². The molecule has 0 aliphatic heterocycles. The second-order valence-electron chi connectivity index (χ2n) is 8.03. The number of carbonyl (C=O) groups excluding carboxylic acids is 1. The summed E-state index contributed by atoms with van der Waals surface area (Å²) in [6.45, 7) is 13.3. The van der Waals surface area contributed by atoms with E-state index in [1.807, 2.05) is 25.1 Å². The lowest BCUT2D eigenvalue weighted by Crippen LogP contribution is -2.46. The van der Waals surface area contributed by atoms with Crippen molar-refractivity contribution in [2.24, 2.45) is 11.8 Å². The number of anilines is 1. The largest absolute Gasteiger partial charge is 0.493 e. The number of hydrogen-bond acceptors (Lipinski definition) is 3. The first-order chi connectivity index (χ1) is 12.2. The SMILES string of the molecule is CCCCOc1ccc(NC(=O)C(CC(C)C)(CC(C)C)OC)cc1C. The van der Waals surface area contributed by atoms with Crippen molar-refractivity contribution in [1.82, 2.24) is 0 Å². The van der Waals surface area contributed by atoms with Crippen LogP contribution in [0.5, 0.6) is 5.75 Å². The van der Waals surface area contributed by atoms with Gasteiger partial charge in [0.1, 0.15) is 11.4 Å². The Morgan fingerprint density at radius 2 is 1.77 bits per heavy atom. The van der Waals surface area contributed by atoms with Gasteiger partial charge in [-0.15, -0.1) is 0 Å². The number of unbranched alkanes of at least 4 members (excludes halogenated alkanes) is 1. The third kappa shape index (κ3) is 6.64. The van der Waals surface area contributed by atoms with E-state index >= 15 is 0 Å².